The molecule has 0 aromatic heterocycles. The number of rotatable bonds is 4. The van der Waals surface area contributed by atoms with Gasteiger partial charge in [-0.2, -0.15) is 11.1 Å². The second kappa shape index (κ2) is 5.24. The van der Waals surface area contributed by atoms with Gasteiger partial charge >= 0.3 is 5.97 Å². The summed E-state index contributed by atoms with van der Waals surface area (Å²) >= 11 is 0. The monoisotopic (exact) mass is 236 g/mol. The lowest BCUT2D eigenvalue weighted by molar-refractivity contribution is -0.137. The molecule has 0 radical (unpaired) electrons. The Morgan fingerprint density at radius 2 is 1.88 bits per heavy atom. The van der Waals surface area contributed by atoms with Crippen molar-refractivity contribution in [2.45, 2.75) is 25.4 Å². The van der Waals surface area contributed by atoms with Gasteiger partial charge in [-0.15, -0.1) is 0 Å². The molecule has 1 aromatic carbocycles. The zero-order chi connectivity index (χ0) is 12.3. The fourth-order valence-electron chi connectivity index (χ4n) is 1.89. The average molecular weight is 236 g/mol. The molecule has 1 unspecified atom stereocenters. The van der Waals surface area contributed by atoms with E-state index in [0.717, 1.165) is 11.1 Å². The highest BCUT2D eigenvalue weighted by Gasteiger charge is 2.27. The number of carbonyl (C=O) groups is 1. The number of hydrazine groups is 3. The van der Waals surface area contributed by atoms with Crippen LogP contribution in [0.5, 0.6) is 0 Å². The Labute approximate surface area is 99.3 Å². The number of aryl methyl sites for hydroxylation is 1. The summed E-state index contributed by atoms with van der Waals surface area (Å²) in [6.07, 6.45) is -0.0920. The van der Waals surface area contributed by atoms with E-state index in [2.05, 4.69) is 21.9 Å². The smallest absolute Gasteiger partial charge is 0.304 e. The van der Waals surface area contributed by atoms with E-state index in [1.54, 1.807) is 0 Å². The van der Waals surface area contributed by atoms with E-state index in [-0.39, 0.29) is 18.5 Å². The molecule has 17 heavy (non-hydrogen) atoms. The third-order valence-corrected chi connectivity index (χ3v) is 2.82. The maximum Gasteiger partial charge on any atom is 0.304 e. The Balaban J connectivity index is 2.19. The van der Waals surface area contributed by atoms with E-state index in [0.29, 0.717) is 0 Å². The van der Waals surface area contributed by atoms with Gasteiger partial charge in [-0.3, -0.25) is 4.79 Å². The molecule has 6 heteroatoms. The van der Waals surface area contributed by atoms with E-state index in [4.69, 9.17) is 5.11 Å². The van der Waals surface area contributed by atoms with Gasteiger partial charge in [-0.25, -0.2) is 10.9 Å². The van der Waals surface area contributed by atoms with Crippen molar-refractivity contribution in [3.63, 3.8) is 0 Å². The van der Waals surface area contributed by atoms with Crippen LogP contribution in [-0.2, 0) is 4.79 Å². The number of carboxylic acids is 1. The molecule has 1 saturated heterocycles. The minimum Gasteiger partial charge on any atom is -0.481 e. The third-order valence-electron chi connectivity index (χ3n) is 2.82. The van der Waals surface area contributed by atoms with Crippen molar-refractivity contribution in [1.82, 2.24) is 21.9 Å². The van der Waals surface area contributed by atoms with Crippen LogP contribution in [0.1, 0.15) is 23.5 Å². The fourth-order valence-corrected chi connectivity index (χ4v) is 1.89. The molecule has 1 atom stereocenters. The molecule has 1 aliphatic heterocycles. The molecule has 6 nitrogen and oxygen atoms in total. The fraction of sp³-hybridized carbons (Fsp3) is 0.364. The number of hydrogen-bond donors (Lipinski definition) is 5. The lowest BCUT2D eigenvalue weighted by atomic mass is 9.92. The SMILES string of the molecule is Cc1ccc(C(CC(=O)O)C2NNNN2)cc1. The minimum absolute atomic E-state index is 0.0666. The van der Waals surface area contributed by atoms with Gasteiger partial charge in [-0.05, 0) is 12.5 Å². The molecular weight excluding hydrogens is 220 g/mol. The van der Waals surface area contributed by atoms with Crippen LogP contribution in [-0.4, -0.2) is 17.2 Å². The number of nitrogens with one attached hydrogen (secondary N) is 4. The van der Waals surface area contributed by atoms with Crippen LogP contribution in [0.15, 0.2) is 24.3 Å². The van der Waals surface area contributed by atoms with E-state index >= 15 is 0 Å². The first kappa shape index (κ1) is 12.0. The molecule has 92 valence electrons. The first-order chi connectivity index (χ1) is 8.16. The predicted octanol–water partition coefficient (Wildman–Crippen LogP) is -0.00358. The van der Waals surface area contributed by atoms with E-state index < -0.39 is 5.97 Å². The van der Waals surface area contributed by atoms with Gasteiger partial charge in [0.15, 0.2) is 0 Å². The van der Waals surface area contributed by atoms with Crippen LogP contribution in [0.2, 0.25) is 0 Å². The van der Waals surface area contributed by atoms with Crippen LogP contribution in [0.4, 0.5) is 0 Å². The van der Waals surface area contributed by atoms with Crippen molar-refractivity contribution in [2.75, 3.05) is 0 Å². The zero-order valence-electron chi connectivity index (χ0n) is 9.53. The van der Waals surface area contributed by atoms with Gasteiger partial charge in [-0.1, -0.05) is 29.8 Å². The quantitative estimate of drug-likeness (QED) is 0.506. The summed E-state index contributed by atoms with van der Waals surface area (Å²) in [7, 11) is 0. The Morgan fingerprint density at radius 1 is 1.29 bits per heavy atom. The predicted molar refractivity (Wildman–Crippen MR) is 62.5 cm³/mol. The standard InChI is InChI=1S/C11H16N4O2/c1-7-2-4-8(5-3-7)9(6-10(16)17)11-12-14-15-13-11/h2-5,9,11-15H,6H2,1H3,(H,16,17). The first-order valence-corrected chi connectivity index (χ1v) is 5.46. The lowest BCUT2D eigenvalue weighted by Gasteiger charge is -2.21. The highest BCUT2D eigenvalue weighted by molar-refractivity contribution is 5.68. The van der Waals surface area contributed by atoms with E-state index in [1.165, 1.54) is 0 Å². The van der Waals surface area contributed by atoms with Crippen molar-refractivity contribution in [3.8, 4) is 0 Å². The van der Waals surface area contributed by atoms with Crippen LogP contribution >= 0.6 is 0 Å². The van der Waals surface area contributed by atoms with Crippen molar-refractivity contribution >= 4 is 5.97 Å². The number of aliphatic carboxylic acids is 1. The molecule has 0 spiro atoms. The lowest BCUT2D eigenvalue weighted by Crippen LogP contribution is -2.40. The first-order valence-electron chi connectivity index (χ1n) is 5.46. The molecule has 2 rings (SSSR count). The largest absolute Gasteiger partial charge is 0.481 e. The second-order valence-electron chi connectivity index (χ2n) is 4.13. The molecule has 1 aliphatic rings. The molecule has 0 saturated carbocycles. The summed E-state index contributed by atoms with van der Waals surface area (Å²) in [5, 5.41) is 8.96. The van der Waals surface area contributed by atoms with Gasteiger partial charge in [0, 0.05) is 5.92 Å². The summed E-state index contributed by atoms with van der Waals surface area (Å²) in [6, 6.07) is 7.90. The summed E-state index contributed by atoms with van der Waals surface area (Å²) < 4.78 is 0. The normalized spacial score (nSPS) is 18.2. The van der Waals surface area contributed by atoms with E-state index in [9.17, 15) is 4.79 Å². The van der Waals surface area contributed by atoms with Crippen molar-refractivity contribution < 1.29 is 9.90 Å². The number of carboxylic acid groups (broad SMARTS) is 1. The van der Waals surface area contributed by atoms with E-state index in [1.807, 2.05) is 31.2 Å². The van der Waals surface area contributed by atoms with Crippen LogP contribution in [0, 0.1) is 6.92 Å². The molecule has 0 amide bonds. The molecule has 1 heterocycles. The Morgan fingerprint density at radius 3 is 2.41 bits per heavy atom. The van der Waals surface area contributed by atoms with Gasteiger partial charge < -0.3 is 5.11 Å². The van der Waals surface area contributed by atoms with Gasteiger partial charge in [0.1, 0.15) is 0 Å². The highest BCUT2D eigenvalue weighted by Crippen LogP contribution is 2.23. The number of hydrogen-bond acceptors (Lipinski definition) is 5. The summed E-state index contributed by atoms with van der Waals surface area (Å²) in [5.41, 5.74) is 13.4. The maximum absolute atomic E-state index is 10.9. The van der Waals surface area contributed by atoms with Crippen molar-refractivity contribution in [3.05, 3.63) is 35.4 Å². The molecule has 1 fully saturated rings. The molecule has 1 aromatic rings. The Kier molecular flexibility index (Phi) is 3.70. The van der Waals surface area contributed by atoms with Crippen LogP contribution in [0.3, 0.4) is 0 Å². The zero-order valence-corrected chi connectivity index (χ0v) is 9.53. The van der Waals surface area contributed by atoms with Crippen molar-refractivity contribution in [2.24, 2.45) is 0 Å². The number of benzene rings is 1. The molecule has 5 N–H and O–H groups in total. The summed E-state index contributed by atoms with van der Waals surface area (Å²) in [5.74, 6) is -0.957. The third kappa shape index (κ3) is 3.01. The second-order valence-corrected chi connectivity index (χ2v) is 4.13. The minimum atomic E-state index is -0.814. The van der Waals surface area contributed by atoms with Crippen LogP contribution < -0.4 is 21.9 Å². The van der Waals surface area contributed by atoms with Gasteiger partial charge in [0.2, 0.25) is 0 Å². The molecule has 0 bridgehead atoms. The van der Waals surface area contributed by atoms with Crippen LogP contribution in [0.25, 0.3) is 0 Å². The maximum atomic E-state index is 10.9. The summed E-state index contributed by atoms with van der Waals surface area (Å²) in [4.78, 5) is 10.9. The Bertz CT molecular complexity index is 387. The van der Waals surface area contributed by atoms with Crippen molar-refractivity contribution in [1.29, 1.82) is 0 Å². The van der Waals surface area contributed by atoms with Gasteiger partial charge in [0.05, 0.1) is 12.6 Å². The Hall–Kier alpha value is -1.47. The molecule has 0 aliphatic carbocycles. The topological polar surface area (TPSA) is 85.4 Å². The highest BCUT2D eigenvalue weighted by atomic mass is 16.4. The molecular formula is C11H16N4O2. The van der Waals surface area contributed by atoms with Gasteiger partial charge in [0.25, 0.3) is 0 Å². The average Bonchev–Trinajstić information content (AvgIpc) is 2.80. The summed E-state index contributed by atoms with van der Waals surface area (Å²) in [6.45, 7) is 2.01.